The van der Waals surface area contributed by atoms with Crippen molar-refractivity contribution >= 4 is 36.0 Å². The average molecular weight is 301 g/mol. The molecule has 0 N–H and O–H groups in total. The lowest BCUT2D eigenvalue weighted by atomic mass is 9.77. The molecule has 1 aliphatic rings. The molecule has 2 rings (SSSR count). The third kappa shape index (κ3) is 3.85. The molecule has 0 bridgehead atoms. The molecule has 1 aromatic carbocycles. The van der Waals surface area contributed by atoms with E-state index in [1.165, 1.54) is 43.4 Å². The zero-order valence-electron chi connectivity index (χ0n) is 10.7. The van der Waals surface area contributed by atoms with Crippen LogP contribution in [0.5, 0.6) is 0 Å². The lowest BCUT2D eigenvalue weighted by Crippen LogP contribution is -2.28. The molecule has 3 heteroatoms. The first-order valence-corrected chi connectivity index (χ1v) is 8.84. The quantitative estimate of drug-likeness (QED) is 0.705. The largest absolute Gasteiger partial charge is 0.179 e. The third-order valence-corrected chi connectivity index (χ3v) is 6.24. The Balaban J connectivity index is 1.85. The smallest absolute Gasteiger partial charge is 0.0446 e. The van der Waals surface area contributed by atoms with Gasteiger partial charge in [-0.3, -0.25) is 0 Å². The summed E-state index contributed by atoms with van der Waals surface area (Å²) >= 11 is 12.8. The summed E-state index contributed by atoms with van der Waals surface area (Å²) in [4.78, 5) is 0. The fourth-order valence-electron chi connectivity index (χ4n) is 2.64. The van der Waals surface area contributed by atoms with Crippen LogP contribution in [0, 0.1) is 5.41 Å². The van der Waals surface area contributed by atoms with Crippen molar-refractivity contribution in [1.29, 1.82) is 0 Å². The predicted molar refractivity (Wildman–Crippen MR) is 87.0 cm³/mol. The first-order valence-electron chi connectivity index (χ1n) is 6.68. The summed E-state index contributed by atoms with van der Waals surface area (Å²) in [7, 11) is 0. The van der Waals surface area contributed by atoms with E-state index in [1.807, 2.05) is 23.9 Å². The van der Waals surface area contributed by atoms with Crippen molar-refractivity contribution in [2.24, 2.45) is 5.41 Å². The second-order valence-corrected chi connectivity index (χ2v) is 7.01. The fourth-order valence-corrected chi connectivity index (χ4v) is 4.90. The van der Waals surface area contributed by atoms with Crippen LogP contribution in [-0.4, -0.2) is 11.5 Å². The van der Waals surface area contributed by atoms with Crippen molar-refractivity contribution in [3.8, 4) is 0 Å². The zero-order valence-corrected chi connectivity index (χ0v) is 13.2. The number of thiol groups is 1. The Labute approximate surface area is 125 Å². The van der Waals surface area contributed by atoms with Gasteiger partial charge >= 0.3 is 0 Å². The number of hydrogen-bond donors (Lipinski definition) is 1. The van der Waals surface area contributed by atoms with Gasteiger partial charge < -0.3 is 0 Å². The Morgan fingerprint density at radius 3 is 2.56 bits per heavy atom. The van der Waals surface area contributed by atoms with Crippen LogP contribution < -0.4 is 0 Å². The topological polar surface area (TPSA) is 0 Å². The van der Waals surface area contributed by atoms with E-state index in [2.05, 4.69) is 24.8 Å². The van der Waals surface area contributed by atoms with Crippen LogP contribution in [0.15, 0.2) is 24.3 Å². The maximum absolute atomic E-state index is 6.19. The van der Waals surface area contributed by atoms with Crippen molar-refractivity contribution < 1.29 is 0 Å². The van der Waals surface area contributed by atoms with E-state index in [4.69, 9.17) is 11.6 Å². The SMILES string of the molecule is SCC1(CSCc2ccccc2Cl)CCCCC1. The van der Waals surface area contributed by atoms with Crippen molar-refractivity contribution in [3.05, 3.63) is 34.9 Å². The number of hydrogen-bond acceptors (Lipinski definition) is 2. The molecule has 0 heterocycles. The molecular formula is C15H21ClS2. The lowest BCUT2D eigenvalue weighted by molar-refractivity contribution is 0.259. The first-order chi connectivity index (χ1) is 8.76. The van der Waals surface area contributed by atoms with Crippen LogP contribution in [0.25, 0.3) is 0 Å². The molecular weight excluding hydrogens is 280 g/mol. The number of halogens is 1. The Bertz CT molecular complexity index is 373. The minimum Gasteiger partial charge on any atom is -0.179 e. The van der Waals surface area contributed by atoms with E-state index in [9.17, 15) is 0 Å². The summed E-state index contributed by atoms with van der Waals surface area (Å²) < 4.78 is 0. The Hall–Kier alpha value is 0.210. The summed E-state index contributed by atoms with van der Waals surface area (Å²) in [6.45, 7) is 0. The molecule has 1 fully saturated rings. The van der Waals surface area contributed by atoms with Crippen LogP contribution in [0.4, 0.5) is 0 Å². The molecule has 1 saturated carbocycles. The van der Waals surface area contributed by atoms with Crippen LogP contribution in [0.1, 0.15) is 37.7 Å². The molecule has 0 aliphatic heterocycles. The number of thioether (sulfide) groups is 1. The maximum atomic E-state index is 6.19. The summed E-state index contributed by atoms with van der Waals surface area (Å²) in [6.07, 6.45) is 6.88. The van der Waals surface area contributed by atoms with Gasteiger partial charge in [0.2, 0.25) is 0 Å². The van der Waals surface area contributed by atoms with E-state index >= 15 is 0 Å². The summed E-state index contributed by atoms with van der Waals surface area (Å²) in [6, 6.07) is 8.17. The molecule has 0 unspecified atom stereocenters. The Morgan fingerprint density at radius 1 is 1.17 bits per heavy atom. The van der Waals surface area contributed by atoms with Gasteiger partial charge in [-0.15, -0.1) is 0 Å². The van der Waals surface area contributed by atoms with Gasteiger partial charge in [0.1, 0.15) is 0 Å². The van der Waals surface area contributed by atoms with Crippen LogP contribution in [0.2, 0.25) is 5.02 Å². The average Bonchev–Trinajstić information content (AvgIpc) is 2.42. The van der Waals surface area contributed by atoms with E-state index in [1.54, 1.807) is 0 Å². The minimum absolute atomic E-state index is 0.479. The molecule has 0 amide bonds. The van der Waals surface area contributed by atoms with E-state index < -0.39 is 0 Å². The normalized spacial score (nSPS) is 18.8. The number of benzene rings is 1. The van der Waals surface area contributed by atoms with Gasteiger partial charge in [-0.2, -0.15) is 24.4 Å². The van der Waals surface area contributed by atoms with Crippen molar-refractivity contribution in [3.63, 3.8) is 0 Å². The van der Waals surface area contributed by atoms with Crippen LogP contribution in [0.3, 0.4) is 0 Å². The lowest BCUT2D eigenvalue weighted by Gasteiger charge is -2.35. The van der Waals surface area contributed by atoms with Gasteiger partial charge in [0.15, 0.2) is 0 Å². The molecule has 18 heavy (non-hydrogen) atoms. The molecule has 0 saturated heterocycles. The molecule has 1 aromatic rings. The Morgan fingerprint density at radius 2 is 1.89 bits per heavy atom. The molecule has 0 aromatic heterocycles. The van der Waals surface area contributed by atoms with E-state index in [0.717, 1.165) is 16.5 Å². The van der Waals surface area contributed by atoms with Gasteiger partial charge in [-0.1, -0.05) is 49.1 Å². The highest BCUT2D eigenvalue weighted by atomic mass is 35.5. The molecule has 0 spiro atoms. The minimum atomic E-state index is 0.479. The zero-order chi connectivity index (χ0) is 12.8. The molecule has 1 aliphatic carbocycles. The highest BCUT2D eigenvalue weighted by Crippen LogP contribution is 2.40. The molecule has 0 radical (unpaired) electrons. The second-order valence-electron chi connectivity index (χ2n) is 5.30. The third-order valence-electron chi connectivity index (χ3n) is 3.87. The highest BCUT2D eigenvalue weighted by molar-refractivity contribution is 7.98. The number of rotatable bonds is 5. The predicted octanol–water partition coefficient (Wildman–Crippen LogP) is 5.45. The molecule has 0 atom stereocenters. The highest BCUT2D eigenvalue weighted by Gasteiger charge is 2.30. The maximum Gasteiger partial charge on any atom is 0.0446 e. The fraction of sp³-hybridized carbons (Fsp3) is 0.600. The van der Waals surface area contributed by atoms with Gasteiger partial charge in [-0.25, -0.2) is 0 Å². The molecule has 0 nitrogen and oxygen atoms in total. The standard InChI is InChI=1S/C15H21ClS2/c16-14-7-3-2-6-13(14)10-18-12-15(11-17)8-4-1-5-9-15/h2-3,6-7,17H,1,4-5,8-12H2. The summed E-state index contributed by atoms with van der Waals surface area (Å²) in [5, 5.41) is 0.897. The second kappa shape index (κ2) is 7.12. The summed E-state index contributed by atoms with van der Waals surface area (Å²) in [5.41, 5.74) is 1.74. The van der Waals surface area contributed by atoms with Gasteiger partial charge in [-0.05, 0) is 35.6 Å². The van der Waals surface area contributed by atoms with E-state index in [0.29, 0.717) is 5.41 Å². The van der Waals surface area contributed by atoms with E-state index in [-0.39, 0.29) is 0 Å². The van der Waals surface area contributed by atoms with Gasteiger partial charge in [0.25, 0.3) is 0 Å². The van der Waals surface area contributed by atoms with Crippen molar-refractivity contribution in [2.75, 3.05) is 11.5 Å². The van der Waals surface area contributed by atoms with Gasteiger partial charge in [0.05, 0.1) is 0 Å². The first kappa shape index (κ1) is 14.6. The van der Waals surface area contributed by atoms with Crippen molar-refractivity contribution in [2.45, 2.75) is 37.9 Å². The van der Waals surface area contributed by atoms with Crippen molar-refractivity contribution in [1.82, 2.24) is 0 Å². The Kier molecular flexibility index (Phi) is 5.78. The molecule has 100 valence electrons. The van der Waals surface area contributed by atoms with Gasteiger partial charge in [0, 0.05) is 16.5 Å². The summed E-state index contributed by atoms with van der Waals surface area (Å²) in [5.74, 6) is 3.28. The van der Waals surface area contributed by atoms with Crippen LogP contribution in [-0.2, 0) is 5.75 Å². The van der Waals surface area contributed by atoms with Crippen LogP contribution >= 0.6 is 36.0 Å². The monoisotopic (exact) mass is 300 g/mol.